The van der Waals surface area contributed by atoms with Crippen molar-refractivity contribution in [1.82, 2.24) is 10.2 Å². The van der Waals surface area contributed by atoms with Crippen molar-refractivity contribution >= 4 is 23.4 Å². The Morgan fingerprint density at radius 2 is 1.55 bits per heavy atom. The topological polar surface area (TPSA) is 79.0 Å². The number of carbonyl (C=O) groups is 3. The molecule has 1 saturated heterocycles. The Balaban J connectivity index is 1.32. The van der Waals surface area contributed by atoms with E-state index >= 15 is 0 Å². The van der Waals surface area contributed by atoms with Gasteiger partial charge in [0.2, 0.25) is 5.91 Å². The molecule has 150 valence electrons. The fraction of sp³-hybridized carbons (Fsp3) is 0.318. The molecule has 1 fully saturated rings. The highest BCUT2D eigenvalue weighted by atomic mass is 16.5. The van der Waals surface area contributed by atoms with Crippen LogP contribution in [0.15, 0.2) is 48.5 Å². The molecule has 0 atom stereocenters. The van der Waals surface area contributed by atoms with E-state index in [1.807, 2.05) is 0 Å². The summed E-state index contributed by atoms with van der Waals surface area (Å²) in [4.78, 5) is 40.7. The summed E-state index contributed by atoms with van der Waals surface area (Å²) in [7, 11) is 0. The minimum atomic E-state index is -0.320. The Labute approximate surface area is 169 Å². The second kappa shape index (κ2) is 8.55. The summed E-state index contributed by atoms with van der Waals surface area (Å²) in [5, 5.41) is 2.93. The van der Waals surface area contributed by atoms with Gasteiger partial charge in [0.05, 0.1) is 36.4 Å². The largest absolute Gasteiger partial charge is 0.379 e. The Morgan fingerprint density at radius 1 is 0.931 bits per heavy atom. The standard InChI is InChI=1S/C22H23N3O4/c26-20(23-9-10-24-11-13-29-14-12-24)15-16-5-7-17(8-6-16)25-21(27)18-3-1-2-4-19(18)22(25)28/h1-8H,9-15H2,(H,23,26). The molecule has 0 bridgehead atoms. The summed E-state index contributed by atoms with van der Waals surface area (Å²) in [6.45, 7) is 4.70. The molecule has 0 unspecified atom stereocenters. The summed E-state index contributed by atoms with van der Waals surface area (Å²) in [6.07, 6.45) is 0.255. The van der Waals surface area contributed by atoms with Gasteiger partial charge in [0.1, 0.15) is 0 Å². The number of benzene rings is 2. The molecule has 1 N–H and O–H groups in total. The first-order chi connectivity index (χ1) is 14.1. The van der Waals surface area contributed by atoms with Crippen LogP contribution in [0, 0.1) is 0 Å². The second-order valence-electron chi connectivity index (χ2n) is 7.14. The maximum Gasteiger partial charge on any atom is 0.266 e. The first kappa shape index (κ1) is 19.3. The van der Waals surface area contributed by atoms with Crippen LogP contribution in [0.3, 0.4) is 0 Å². The van der Waals surface area contributed by atoms with Gasteiger partial charge in [-0.1, -0.05) is 24.3 Å². The van der Waals surface area contributed by atoms with Crippen molar-refractivity contribution in [2.45, 2.75) is 6.42 Å². The van der Waals surface area contributed by atoms with Crippen LogP contribution in [0.1, 0.15) is 26.3 Å². The van der Waals surface area contributed by atoms with Gasteiger partial charge in [0, 0.05) is 26.2 Å². The van der Waals surface area contributed by atoms with Crippen molar-refractivity contribution in [2.75, 3.05) is 44.3 Å². The summed E-state index contributed by atoms with van der Waals surface area (Å²) >= 11 is 0. The highest BCUT2D eigenvalue weighted by Gasteiger charge is 2.36. The molecule has 2 heterocycles. The Bertz CT molecular complexity index is 885. The summed E-state index contributed by atoms with van der Waals surface area (Å²) in [5.41, 5.74) is 2.17. The third kappa shape index (κ3) is 4.21. The van der Waals surface area contributed by atoms with Crippen LogP contribution in [0.5, 0.6) is 0 Å². The minimum Gasteiger partial charge on any atom is -0.379 e. The van der Waals surface area contributed by atoms with Gasteiger partial charge in [0.25, 0.3) is 11.8 Å². The van der Waals surface area contributed by atoms with Gasteiger partial charge >= 0.3 is 0 Å². The van der Waals surface area contributed by atoms with Gasteiger partial charge in [-0.05, 0) is 29.8 Å². The molecule has 7 nitrogen and oxygen atoms in total. The van der Waals surface area contributed by atoms with E-state index < -0.39 is 0 Å². The van der Waals surface area contributed by atoms with Gasteiger partial charge in [-0.2, -0.15) is 0 Å². The number of carbonyl (C=O) groups excluding carboxylic acids is 3. The fourth-order valence-electron chi connectivity index (χ4n) is 3.61. The lowest BCUT2D eigenvalue weighted by Gasteiger charge is -2.26. The summed E-state index contributed by atoms with van der Waals surface area (Å²) in [6, 6.07) is 13.8. The smallest absolute Gasteiger partial charge is 0.266 e. The lowest BCUT2D eigenvalue weighted by molar-refractivity contribution is -0.120. The van der Waals surface area contributed by atoms with Crippen LogP contribution in [0.2, 0.25) is 0 Å². The quantitative estimate of drug-likeness (QED) is 0.752. The third-order valence-electron chi connectivity index (χ3n) is 5.21. The molecule has 29 heavy (non-hydrogen) atoms. The lowest BCUT2D eigenvalue weighted by atomic mass is 10.1. The maximum atomic E-state index is 12.5. The van der Waals surface area contributed by atoms with Gasteiger partial charge in [-0.3, -0.25) is 19.3 Å². The Kier molecular flexibility index (Phi) is 5.69. The third-order valence-corrected chi connectivity index (χ3v) is 5.21. The van der Waals surface area contributed by atoms with Crippen molar-refractivity contribution < 1.29 is 19.1 Å². The maximum absolute atomic E-state index is 12.5. The zero-order valence-corrected chi connectivity index (χ0v) is 16.1. The molecule has 4 rings (SSSR count). The number of imide groups is 1. The van der Waals surface area contributed by atoms with E-state index in [1.54, 1.807) is 48.5 Å². The molecule has 7 heteroatoms. The van der Waals surface area contributed by atoms with E-state index in [9.17, 15) is 14.4 Å². The molecule has 0 radical (unpaired) electrons. The highest BCUT2D eigenvalue weighted by molar-refractivity contribution is 6.34. The number of nitrogens with one attached hydrogen (secondary N) is 1. The molecule has 0 spiro atoms. The number of nitrogens with zero attached hydrogens (tertiary/aromatic N) is 2. The number of amides is 3. The normalized spacial score (nSPS) is 16.8. The second-order valence-corrected chi connectivity index (χ2v) is 7.14. The SMILES string of the molecule is O=C(Cc1ccc(N2C(=O)c3ccccc3C2=O)cc1)NCCN1CCOCC1. The van der Waals surface area contributed by atoms with Gasteiger partial charge < -0.3 is 10.1 Å². The molecular formula is C22H23N3O4. The summed E-state index contributed by atoms with van der Waals surface area (Å²) < 4.78 is 5.31. The lowest BCUT2D eigenvalue weighted by Crippen LogP contribution is -2.41. The highest BCUT2D eigenvalue weighted by Crippen LogP contribution is 2.28. The fourth-order valence-corrected chi connectivity index (χ4v) is 3.61. The molecule has 0 aliphatic carbocycles. The predicted molar refractivity (Wildman–Crippen MR) is 108 cm³/mol. The van der Waals surface area contributed by atoms with Crippen molar-refractivity contribution in [3.8, 4) is 0 Å². The van der Waals surface area contributed by atoms with Crippen LogP contribution in [-0.4, -0.2) is 62.0 Å². The van der Waals surface area contributed by atoms with Crippen LogP contribution in [0.4, 0.5) is 5.69 Å². The molecule has 2 aromatic rings. The average Bonchev–Trinajstić information content (AvgIpc) is 3.00. The first-order valence-electron chi connectivity index (χ1n) is 9.77. The summed E-state index contributed by atoms with van der Waals surface area (Å²) in [5.74, 6) is -0.690. The van der Waals surface area contributed by atoms with Crippen LogP contribution < -0.4 is 10.2 Å². The average molecular weight is 393 g/mol. The van der Waals surface area contributed by atoms with E-state index in [1.165, 1.54) is 4.90 Å². The van der Waals surface area contributed by atoms with E-state index in [2.05, 4.69) is 10.2 Å². The first-order valence-corrected chi connectivity index (χ1v) is 9.77. The van der Waals surface area contributed by atoms with E-state index in [4.69, 9.17) is 4.74 Å². The number of hydrogen-bond acceptors (Lipinski definition) is 5. The molecule has 0 saturated carbocycles. The number of rotatable bonds is 6. The van der Waals surface area contributed by atoms with Gasteiger partial charge in [-0.25, -0.2) is 4.90 Å². The predicted octanol–water partition coefficient (Wildman–Crippen LogP) is 1.48. The monoisotopic (exact) mass is 393 g/mol. The Morgan fingerprint density at radius 3 is 2.17 bits per heavy atom. The van der Waals surface area contributed by atoms with E-state index in [-0.39, 0.29) is 24.1 Å². The number of morpholine rings is 1. The van der Waals surface area contributed by atoms with E-state index in [0.717, 1.165) is 38.4 Å². The van der Waals surface area contributed by atoms with Crippen molar-refractivity contribution in [3.05, 3.63) is 65.2 Å². The van der Waals surface area contributed by atoms with Crippen molar-refractivity contribution in [2.24, 2.45) is 0 Å². The minimum absolute atomic E-state index is 0.0493. The van der Waals surface area contributed by atoms with Gasteiger partial charge in [-0.15, -0.1) is 0 Å². The van der Waals surface area contributed by atoms with Crippen LogP contribution in [0.25, 0.3) is 0 Å². The number of ether oxygens (including phenoxy) is 1. The molecule has 3 amide bonds. The van der Waals surface area contributed by atoms with Crippen molar-refractivity contribution in [3.63, 3.8) is 0 Å². The molecule has 2 aromatic carbocycles. The number of anilines is 1. The van der Waals surface area contributed by atoms with E-state index in [0.29, 0.717) is 23.4 Å². The zero-order valence-electron chi connectivity index (χ0n) is 16.1. The molecule has 2 aliphatic rings. The van der Waals surface area contributed by atoms with Crippen molar-refractivity contribution in [1.29, 1.82) is 0 Å². The Hall–Kier alpha value is -3.03. The molecule has 0 aromatic heterocycles. The van der Waals surface area contributed by atoms with Gasteiger partial charge in [0.15, 0.2) is 0 Å². The van der Waals surface area contributed by atoms with Crippen LogP contribution >= 0.6 is 0 Å². The van der Waals surface area contributed by atoms with Crippen LogP contribution in [-0.2, 0) is 16.0 Å². The number of fused-ring (bicyclic) bond motifs is 1. The molecule has 2 aliphatic heterocycles. The zero-order chi connectivity index (χ0) is 20.2. The molecular weight excluding hydrogens is 370 g/mol. The number of hydrogen-bond donors (Lipinski definition) is 1.